The first-order valence-electron chi connectivity index (χ1n) is 5.46. The van der Waals surface area contributed by atoms with Crippen molar-refractivity contribution in [1.82, 2.24) is 9.97 Å². The molecule has 0 saturated heterocycles. The highest BCUT2D eigenvalue weighted by Crippen LogP contribution is 2.25. The van der Waals surface area contributed by atoms with Gasteiger partial charge in [-0.15, -0.1) is 0 Å². The molecule has 0 radical (unpaired) electrons. The average Bonchev–Trinajstić information content (AvgIpc) is 2.39. The highest BCUT2D eigenvalue weighted by atomic mass is 35.5. The number of para-hydroxylation sites is 1. The topological polar surface area (TPSA) is 46.0 Å². The number of aromatic nitrogens is 2. The Hall–Kier alpha value is -2.13. The number of benzene rings is 1. The molecule has 4 heteroatoms. The van der Waals surface area contributed by atoms with Gasteiger partial charge in [-0.1, -0.05) is 35.9 Å². The van der Waals surface area contributed by atoms with Gasteiger partial charge < -0.3 is 5.11 Å². The minimum absolute atomic E-state index is 0.163. The number of phenolic OH excluding ortho intramolecular Hbond substituents is 1. The van der Waals surface area contributed by atoms with E-state index in [1.165, 1.54) is 0 Å². The first kappa shape index (κ1) is 11.0. The Kier molecular flexibility index (Phi) is 2.61. The van der Waals surface area contributed by atoms with E-state index < -0.39 is 0 Å². The molecule has 0 fully saturated rings. The van der Waals surface area contributed by atoms with Gasteiger partial charge in [0.05, 0.1) is 11.4 Å². The van der Waals surface area contributed by atoms with Crippen LogP contribution in [0, 0.1) is 0 Å². The molecule has 0 amide bonds. The van der Waals surface area contributed by atoms with E-state index in [0.29, 0.717) is 22.1 Å². The van der Waals surface area contributed by atoms with Crippen LogP contribution in [-0.4, -0.2) is 15.1 Å². The normalized spacial score (nSPS) is 10.7. The van der Waals surface area contributed by atoms with Crippen LogP contribution in [0.25, 0.3) is 22.3 Å². The Morgan fingerprint density at radius 3 is 2.44 bits per heavy atom. The Labute approximate surface area is 109 Å². The van der Waals surface area contributed by atoms with Gasteiger partial charge in [-0.2, -0.15) is 0 Å². The molecule has 0 spiro atoms. The van der Waals surface area contributed by atoms with Gasteiger partial charge in [0.2, 0.25) is 0 Å². The summed E-state index contributed by atoms with van der Waals surface area (Å²) < 4.78 is 0. The minimum Gasteiger partial charge on any atom is -0.506 e. The molecular formula is C14H9ClN2O. The molecule has 0 atom stereocenters. The maximum Gasteiger partial charge on any atom is 0.141 e. The van der Waals surface area contributed by atoms with Gasteiger partial charge in [-0.25, -0.2) is 9.97 Å². The SMILES string of the molecule is Oc1cccc2ccc(-c3cccc(Cl)n3)nc12. The highest BCUT2D eigenvalue weighted by molar-refractivity contribution is 6.29. The molecule has 3 nitrogen and oxygen atoms in total. The molecule has 0 aliphatic heterocycles. The molecule has 3 rings (SSSR count). The third kappa shape index (κ3) is 1.89. The number of nitrogens with zero attached hydrogens (tertiary/aromatic N) is 2. The van der Waals surface area contributed by atoms with Crippen LogP contribution in [0.5, 0.6) is 5.75 Å². The lowest BCUT2D eigenvalue weighted by Crippen LogP contribution is -1.88. The first-order chi connectivity index (χ1) is 8.74. The molecule has 0 saturated carbocycles. The summed E-state index contributed by atoms with van der Waals surface area (Å²) in [6.07, 6.45) is 0. The van der Waals surface area contributed by atoms with Crippen LogP contribution in [0.15, 0.2) is 48.5 Å². The molecule has 18 heavy (non-hydrogen) atoms. The second-order valence-corrected chi connectivity index (χ2v) is 4.28. The molecular weight excluding hydrogens is 248 g/mol. The van der Waals surface area contributed by atoms with E-state index in [2.05, 4.69) is 9.97 Å². The van der Waals surface area contributed by atoms with Gasteiger partial charge in [-0.3, -0.25) is 0 Å². The fourth-order valence-corrected chi connectivity index (χ4v) is 1.99. The molecule has 0 aliphatic rings. The summed E-state index contributed by atoms with van der Waals surface area (Å²) in [6, 6.07) is 14.4. The zero-order valence-electron chi connectivity index (χ0n) is 9.34. The summed E-state index contributed by atoms with van der Waals surface area (Å²) in [5.74, 6) is 0.163. The van der Waals surface area contributed by atoms with Crippen LogP contribution in [-0.2, 0) is 0 Å². The maximum atomic E-state index is 9.79. The summed E-state index contributed by atoms with van der Waals surface area (Å²) in [4.78, 5) is 8.62. The van der Waals surface area contributed by atoms with E-state index in [4.69, 9.17) is 11.6 Å². The Morgan fingerprint density at radius 1 is 0.833 bits per heavy atom. The van der Waals surface area contributed by atoms with Crippen molar-refractivity contribution in [3.8, 4) is 17.1 Å². The van der Waals surface area contributed by atoms with Crippen LogP contribution in [0.2, 0.25) is 5.15 Å². The van der Waals surface area contributed by atoms with Crippen molar-refractivity contribution < 1.29 is 5.11 Å². The van der Waals surface area contributed by atoms with Crippen molar-refractivity contribution >= 4 is 22.5 Å². The number of phenols is 1. The fourth-order valence-electron chi connectivity index (χ4n) is 1.83. The lowest BCUT2D eigenvalue weighted by Gasteiger charge is -2.04. The number of hydrogen-bond acceptors (Lipinski definition) is 3. The van der Waals surface area contributed by atoms with Crippen molar-refractivity contribution in [2.45, 2.75) is 0 Å². The van der Waals surface area contributed by atoms with E-state index in [1.807, 2.05) is 30.3 Å². The summed E-state index contributed by atoms with van der Waals surface area (Å²) in [7, 11) is 0. The van der Waals surface area contributed by atoms with Crippen LogP contribution in [0.1, 0.15) is 0 Å². The largest absolute Gasteiger partial charge is 0.506 e. The third-order valence-corrected chi connectivity index (χ3v) is 2.89. The van der Waals surface area contributed by atoms with E-state index in [0.717, 1.165) is 5.39 Å². The van der Waals surface area contributed by atoms with Crippen molar-refractivity contribution in [3.05, 3.63) is 53.7 Å². The number of fused-ring (bicyclic) bond motifs is 1. The van der Waals surface area contributed by atoms with Gasteiger partial charge in [0.15, 0.2) is 0 Å². The summed E-state index contributed by atoms with van der Waals surface area (Å²) >= 11 is 5.86. The van der Waals surface area contributed by atoms with E-state index in [-0.39, 0.29) is 5.75 Å². The van der Waals surface area contributed by atoms with Crippen molar-refractivity contribution in [1.29, 1.82) is 0 Å². The average molecular weight is 257 g/mol. The van der Waals surface area contributed by atoms with E-state index in [9.17, 15) is 5.11 Å². The van der Waals surface area contributed by atoms with E-state index >= 15 is 0 Å². The van der Waals surface area contributed by atoms with Crippen LogP contribution in [0.3, 0.4) is 0 Å². The summed E-state index contributed by atoms with van der Waals surface area (Å²) in [5.41, 5.74) is 1.94. The lowest BCUT2D eigenvalue weighted by atomic mass is 10.1. The lowest BCUT2D eigenvalue weighted by molar-refractivity contribution is 0.480. The molecule has 88 valence electrons. The van der Waals surface area contributed by atoms with Gasteiger partial charge >= 0.3 is 0 Å². The first-order valence-corrected chi connectivity index (χ1v) is 5.83. The number of halogens is 1. The van der Waals surface area contributed by atoms with Gasteiger partial charge in [0, 0.05) is 5.39 Å². The molecule has 0 bridgehead atoms. The van der Waals surface area contributed by atoms with Gasteiger partial charge in [0.1, 0.15) is 16.4 Å². The molecule has 0 aliphatic carbocycles. The standard InChI is InChI=1S/C14H9ClN2O/c15-13-6-2-4-10(16-13)11-8-7-9-3-1-5-12(18)14(9)17-11/h1-8,18H. The van der Waals surface area contributed by atoms with Crippen LogP contribution >= 0.6 is 11.6 Å². The van der Waals surface area contributed by atoms with Crippen LogP contribution in [0.4, 0.5) is 0 Å². The number of rotatable bonds is 1. The molecule has 1 aromatic carbocycles. The summed E-state index contributed by atoms with van der Waals surface area (Å²) in [6.45, 7) is 0. The predicted octanol–water partition coefficient (Wildman–Crippen LogP) is 3.66. The Bertz CT molecular complexity index is 728. The monoisotopic (exact) mass is 256 g/mol. The van der Waals surface area contributed by atoms with E-state index in [1.54, 1.807) is 18.2 Å². The van der Waals surface area contributed by atoms with Crippen LogP contribution < -0.4 is 0 Å². The second kappa shape index (κ2) is 4.27. The molecule has 2 heterocycles. The third-order valence-electron chi connectivity index (χ3n) is 2.68. The maximum absolute atomic E-state index is 9.79. The van der Waals surface area contributed by atoms with Gasteiger partial charge in [0.25, 0.3) is 0 Å². The Morgan fingerprint density at radius 2 is 1.61 bits per heavy atom. The molecule has 2 aromatic heterocycles. The highest BCUT2D eigenvalue weighted by Gasteiger charge is 2.05. The molecule has 0 unspecified atom stereocenters. The Balaban J connectivity index is 2.22. The number of aromatic hydroxyl groups is 1. The fraction of sp³-hybridized carbons (Fsp3) is 0. The minimum atomic E-state index is 0.163. The zero-order valence-corrected chi connectivity index (χ0v) is 10.1. The smallest absolute Gasteiger partial charge is 0.141 e. The zero-order chi connectivity index (χ0) is 12.5. The van der Waals surface area contributed by atoms with Crippen molar-refractivity contribution in [2.75, 3.05) is 0 Å². The van der Waals surface area contributed by atoms with Crippen molar-refractivity contribution in [2.24, 2.45) is 0 Å². The number of pyridine rings is 2. The number of hydrogen-bond donors (Lipinski definition) is 1. The summed E-state index contributed by atoms with van der Waals surface area (Å²) in [5, 5.41) is 11.1. The predicted molar refractivity (Wildman–Crippen MR) is 71.6 cm³/mol. The molecule has 1 N–H and O–H groups in total. The molecule has 3 aromatic rings. The van der Waals surface area contributed by atoms with Gasteiger partial charge in [-0.05, 0) is 24.3 Å². The van der Waals surface area contributed by atoms with Crippen molar-refractivity contribution in [3.63, 3.8) is 0 Å². The quantitative estimate of drug-likeness (QED) is 0.676. The second-order valence-electron chi connectivity index (χ2n) is 3.89.